The summed E-state index contributed by atoms with van der Waals surface area (Å²) in [4.78, 5) is 12.3. The molecule has 0 saturated carbocycles. The van der Waals surface area contributed by atoms with E-state index in [1.54, 1.807) is 24.3 Å². The van der Waals surface area contributed by atoms with Crippen molar-refractivity contribution in [2.75, 3.05) is 11.9 Å². The lowest BCUT2D eigenvalue weighted by molar-refractivity contribution is -0.112. The molecule has 0 bridgehead atoms. The quantitative estimate of drug-likeness (QED) is 0.550. The Morgan fingerprint density at radius 2 is 2.12 bits per heavy atom. The summed E-state index contributed by atoms with van der Waals surface area (Å²) in [6.45, 7) is 2.52. The fourth-order valence-corrected chi connectivity index (χ4v) is 2.36. The minimum Gasteiger partial charge on any atom is -0.493 e. The van der Waals surface area contributed by atoms with Gasteiger partial charge in [0.25, 0.3) is 5.91 Å². The summed E-state index contributed by atoms with van der Waals surface area (Å²) in [5.74, 6) is -0.694. The highest BCUT2D eigenvalue weighted by Gasteiger charge is 2.13. The van der Waals surface area contributed by atoms with Gasteiger partial charge in [0.1, 0.15) is 23.2 Å². The molecule has 0 radical (unpaired) electrons. The Morgan fingerprint density at radius 3 is 2.80 bits per heavy atom. The third-order valence-corrected chi connectivity index (χ3v) is 3.72. The van der Waals surface area contributed by atoms with Gasteiger partial charge in [0.2, 0.25) is 0 Å². The van der Waals surface area contributed by atoms with Crippen LogP contribution in [0.25, 0.3) is 6.08 Å². The molecule has 1 N–H and O–H groups in total. The van der Waals surface area contributed by atoms with Crippen molar-refractivity contribution in [3.05, 3.63) is 63.9 Å². The molecule has 0 heterocycles. The zero-order valence-electron chi connectivity index (χ0n) is 13.6. The van der Waals surface area contributed by atoms with Crippen molar-refractivity contribution in [3.8, 4) is 11.8 Å². The number of anilines is 1. The number of benzene rings is 2. The number of para-hydroxylation sites is 1. The molecular formula is C19H16BrFN2O2. The molecule has 0 saturated heterocycles. The first-order valence-corrected chi connectivity index (χ1v) is 8.44. The third kappa shape index (κ3) is 5.16. The molecule has 2 aromatic rings. The lowest BCUT2D eigenvalue weighted by Crippen LogP contribution is -2.14. The van der Waals surface area contributed by atoms with Gasteiger partial charge in [-0.15, -0.1) is 0 Å². The normalized spacial score (nSPS) is 10.9. The first-order valence-electron chi connectivity index (χ1n) is 7.65. The first kappa shape index (κ1) is 18.7. The molecule has 128 valence electrons. The number of ether oxygens (including phenoxy) is 1. The van der Waals surface area contributed by atoms with E-state index < -0.39 is 11.7 Å². The summed E-state index contributed by atoms with van der Waals surface area (Å²) in [5, 5.41) is 11.7. The van der Waals surface area contributed by atoms with Gasteiger partial charge >= 0.3 is 0 Å². The van der Waals surface area contributed by atoms with Crippen LogP contribution in [0.15, 0.2) is 52.5 Å². The van der Waals surface area contributed by atoms with Gasteiger partial charge in [-0.2, -0.15) is 5.26 Å². The van der Waals surface area contributed by atoms with E-state index in [0.717, 1.165) is 6.42 Å². The number of amides is 1. The Hall–Kier alpha value is -2.65. The summed E-state index contributed by atoms with van der Waals surface area (Å²) in [6, 6.07) is 13.2. The number of nitriles is 1. The van der Waals surface area contributed by atoms with Crippen molar-refractivity contribution in [1.82, 2.24) is 0 Å². The number of nitrogens with zero attached hydrogens (tertiary/aromatic N) is 1. The summed E-state index contributed by atoms with van der Waals surface area (Å²) >= 11 is 3.15. The molecule has 0 aliphatic heterocycles. The minimum atomic E-state index is -0.686. The van der Waals surface area contributed by atoms with E-state index in [4.69, 9.17) is 4.74 Å². The maximum absolute atomic E-state index is 13.8. The number of nitrogens with one attached hydrogen (secondary N) is 1. The molecular weight excluding hydrogens is 387 g/mol. The van der Waals surface area contributed by atoms with Gasteiger partial charge in [0.05, 0.1) is 12.3 Å². The second-order valence-corrected chi connectivity index (χ2v) is 6.05. The summed E-state index contributed by atoms with van der Waals surface area (Å²) in [7, 11) is 0. The van der Waals surface area contributed by atoms with Crippen molar-refractivity contribution >= 4 is 33.6 Å². The van der Waals surface area contributed by atoms with Crippen LogP contribution in [-0.2, 0) is 4.79 Å². The van der Waals surface area contributed by atoms with E-state index in [1.807, 2.05) is 19.1 Å². The average Bonchev–Trinajstić information content (AvgIpc) is 2.61. The van der Waals surface area contributed by atoms with Crippen LogP contribution in [0.5, 0.6) is 5.75 Å². The minimum absolute atomic E-state index is 0.00451. The van der Waals surface area contributed by atoms with Crippen LogP contribution in [0, 0.1) is 17.1 Å². The third-order valence-electron chi connectivity index (χ3n) is 3.22. The Balaban J connectivity index is 2.25. The Morgan fingerprint density at radius 1 is 1.36 bits per heavy atom. The van der Waals surface area contributed by atoms with Crippen LogP contribution < -0.4 is 10.1 Å². The summed E-state index contributed by atoms with van der Waals surface area (Å²) in [5.41, 5.74) is 0.471. The van der Waals surface area contributed by atoms with Gasteiger partial charge in [0, 0.05) is 10.0 Å². The molecule has 0 unspecified atom stereocenters. The van der Waals surface area contributed by atoms with Crippen LogP contribution in [0.1, 0.15) is 18.9 Å². The van der Waals surface area contributed by atoms with Crippen molar-refractivity contribution in [3.63, 3.8) is 0 Å². The van der Waals surface area contributed by atoms with E-state index in [-0.39, 0.29) is 11.3 Å². The number of carbonyl (C=O) groups excluding carboxylic acids is 1. The topological polar surface area (TPSA) is 62.1 Å². The van der Waals surface area contributed by atoms with Crippen LogP contribution >= 0.6 is 15.9 Å². The van der Waals surface area contributed by atoms with Crippen LogP contribution in [0.3, 0.4) is 0 Å². The SMILES string of the molecule is CCCOc1ccccc1/C=C(\C#N)C(=O)Nc1ccc(Br)cc1F. The molecule has 6 heteroatoms. The Bertz CT molecular complexity index is 844. The van der Waals surface area contributed by atoms with Gasteiger partial charge in [-0.05, 0) is 36.8 Å². The Kier molecular flexibility index (Phi) is 6.72. The first-order chi connectivity index (χ1) is 12.0. The number of halogens is 2. The molecule has 0 aromatic heterocycles. The molecule has 25 heavy (non-hydrogen) atoms. The van der Waals surface area contributed by atoms with Crippen molar-refractivity contribution in [2.45, 2.75) is 13.3 Å². The molecule has 4 nitrogen and oxygen atoms in total. The summed E-state index contributed by atoms with van der Waals surface area (Å²) in [6.07, 6.45) is 2.27. The number of rotatable bonds is 6. The van der Waals surface area contributed by atoms with Crippen molar-refractivity contribution < 1.29 is 13.9 Å². The second kappa shape index (κ2) is 9.00. The maximum Gasteiger partial charge on any atom is 0.266 e. The van der Waals surface area contributed by atoms with E-state index in [0.29, 0.717) is 22.4 Å². The van der Waals surface area contributed by atoms with E-state index >= 15 is 0 Å². The molecule has 0 aliphatic carbocycles. The molecule has 1 amide bonds. The van der Waals surface area contributed by atoms with Crippen molar-refractivity contribution in [2.24, 2.45) is 0 Å². The smallest absolute Gasteiger partial charge is 0.266 e. The second-order valence-electron chi connectivity index (χ2n) is 5.13. The number of hydrogen-bond donors (Lipinski definition) is 1. The van der Waals surface area contributed by atoms with Gasteiger partial charge in [-0.3, -0.25) is 4.79 Å². The van der Waals surface area contributed by atoms with Gasteiger partial charge in [-0.1, -0.05) is 41.1 Å². The van der Waals surface area contributed by atoms with Gasteiger partial charge in [0.15, 0.2) is 0 Å². The zero-order valence-corrected chi connectivity index (χ0v) is 15.1. The molecule has 2 rings (SSSR count). The average molecular weight is 403 g/mol. The highest BCUT2D eigenvalue weighted by molar-refractivity contribution is 9.10. The predicted octanol–water partition coefficient (Wildman–Crippen LogP) is 4.92. The van der Waals surface area contributed by atoms with Gasteiger partial charge < -0.3 is 10.1 Å². The standard InChI is InChI=1S/C19H16BrFN2O2/c1-2-9-25-18-6-4-3-5-13(18)10-14(12-22)19(24)23-17-8-7-15(20)11-16(17)21/h3-8,10-11H,2,9H2,1H3,(H,23,24)/b14-10+. The molecule has 2 aromatic carbocycles. The lowest BCUT2D eigenvalue weighted by atomic mass is 10.1. The molecule has 0 aliphatic rings. The number of hydrogen-bond acceptors (Lipinski definition) is 3. The van der Waals surface area contributed by atoms with Crippen LogP contribution in [0.4, 0.5) is 10.1 Å². The highest BCUT2D eigenvalue weighted by Crippen LogP contribution is 2.23. The van der Waals surface area contributed by atoms with E-state index in [1.165, 1.54) is 18.2 Å². The fourth-order valence-electron chi connectivity index (χ4n) is 2.03. The highest BCUT2D eigenvalue weighted by atomic mass is 79.9. The fraction of sp³-hybridized carbons (Fsp3) is 0.158. The molecule has 0 atom stereocenters. The molecule has 0 fully saturated rings. The summed E-state index contributed by atoms with van der Waals surface area (Å²) < 4.78 is 20.0. The predicted molar refractivity (Wildman–Crippen MR) is 98.5 cm³/mol. The number of carbonyl (C=O) groups is 1. The molecule has 0 spiro atoms. The largest absolute Gasteiger partial charge is 0.493 e. The van der Waals surface area contributed by atoms with Crippen molar-refractivity contribution in [1.29, 1.82) is 5.26 Å². The van der Waals surface area contributed by atoms with E-state index in [9.17, 15) is 14.4 Å². The van der Waals surface area contributed by atoms with Gasteiger partial charge in [-0.25, -0.2) is 4.39 Å². The maximum atomic E-state index is 13.8. The van der Waals surface area contributed by atoms with Crippen LogP contribution in [0.2, 0.25) is 0 Å². The van der Waals surface area contributed by atoms with Crippen LogP contribution in [-0.4, -0.2) is 12.5 Å². The van der Waals surface area contributed by atoms with E-state index in [2.05, 4.69) is 21.2 Å². The lowest BCUT2D eigenvalue weighted by Gasteiger charge is -2.09. The Labute approximate surface area is 154 Å². The zero-order chi connectivity index (χ0) is 18.2. The monoisotopic (exact) mass is 402 g/mol.